The molecule has 0 radical (unpaired) electrons. The van der Waals surface area contributed by atoms with Gasteiger partial charge in [0.05, 0.1) is 4.90 Å². The molecule has 0 saturated carbocycles. The van der Waals surface area contributed by atoms with Crippen molar-refractivity contribution < 1.29 is 13.5 Å². The first kappa shape index (κ1) is 17.8. The average Bonchev–Trinajstić information content (AvgIpc) is 3.09. The molecule has 0 aliphatic carbocycles. The van der Waals surface area contributed by atoms with E-state index in [1.54, 1.807) is 18.2 Å². The minimum absolute atomic E-state index is 0.187. The Morgan fingerprint density at radius 3 is 2.19 bits per heavy atom. The Kier molecular flexibility index (Phi) is 4.29. The number of fused-ring (bicyclic) bond motifs is 1. The van der Waals surface area contributed by atoms with Gasteiger partial charge < -0.3 is 5.11 Å². The third-order valence-electron chi connectivity index (χ3n) is 5.14. The summed E-state index contributed by atoms with van der Waals surface area (Å²) in [4.78, 5) is 0.295. The highest BCUT2D eigenvalue weighted by Gasteiger charge is 2.34. The standard InChI is InChI=1S/C22H21NO3S/c1-15-8-10-18(11-9-15)27(25,26)23-13-19-16(2)12-21(24)22(20(19)14-23)17-6-4-3-5-7-17/h3-12,24H,13-14H2,1-2H3. The average molecular weight is 379 g/mol. The number of sulfonamides is 1. The molecule has 3 aromatic carbocycles. The van der Waals surface area contributed by atoms with Crippen LogP contribution in [0.5, 0.6) is 5.75 Å². The Morgan fingerprint density at radius 1 is 0.889 bits per heavy atom. The molecule has 0 fully saturated rings. The molecule has 1 aliphatic rings. The summed E-state index contributed by atoms with van der Waals surface area (Å²) < 4.78 is 27.7. The minimum atomic E-state index is -3.60. The van der Waals surface area contributed by atoms with Gasteiger partial charge in [-0.1, -0.05) is 48.0 Å². The van der Waals surface area contributed by atoms with Gasteiger partial charge in [-0.3, -0.25) is 0 Å². The van der Waals surface area contributed by atoms with Gasteiger partial charge in [0.15, 0.2) is 0 Å². The molecule has 4 rings (SSSR count). The SMILES string of the molecule is Cc1ccc(S(=O)(=O)N2Cc3c(C)cc(O)c(-c4ccccc4)c3C2)cc1. The van der Waals surface area contributed by atoms with Gasteiger partial charge in [0, 0.05) is 18.7 Å². The maximum absolute atomic E-state index is 13.1. The molecule has 3 aromatic rings. The zero-order valence-electron chi connectivity index (χ0n) is 15.3. The third kappa shape index (κ3) is 3.03. The molecule has 0 amide bonds. The number of nitrogens with zero attached hydrogens (tertiary/aromatic N) is 1. The third-order valence-corrected chi connectivity index (χ3v) is 6.95. The monoisotopic (exact) mass is 379 g/mol. The molecule has 1 N–H and O–H groups in total. The summed E-state index contributed by atoms with van der Waals surface area (Å²) in [6, 6.07) is 18.3. The first-order chi connectivity index (χ1) is 12.9. The van der Waals surface area contributed by atoms with Crippen LogP contribution >= 0.6 is 0 Å². The maximum atomic E-state index is 13.1. The minimum Gasteiger partial charge on any atom is -0.507 e. The van der Waals surface area contributed by atoms with Crippen molar-refractivity contribution in [2.45, 2.75) is 31.8 Å². The Hall–Kier alpha value is -2.63. The predicted molar refractivity (Wildman–Crippen MR) is 106 cm³/mol. The van der Waals surface area contributed by atoms with Crippen LogP contribution in [0.1, 0.15) is 22.3 Å². The zero-order valence-corrected chi connectivity index (χ0v) is 16.1. The molecule has 0 saturated heterocycles. The van der Waals surface area contributed by atoms with Gasteiger partial charge in [0.1, 0.15) is 5.75 Å². The van der Waals surface area contributed by atoms with Gasteiger partial charge in [0.25, 0.3) is 0 Å². The number of benzene rings is 3. The molecule has 1 aliphatic heterocycles. The van der Waals surface area contributed by atoms with Crippen LogP contribution in [0.3, 0.4) is 0 Å². The van der Waals surface area contributed by atoms with Gasteiger partial charge in [-0.2, -0.15) is 4.31 Å². The summed E-state index contributed by atoms with van der Waals surface area (Å²) in [5.74, 6) is 0.187. The summed E-state index contributed by atoms with van der Waals surface area (Å²) >= 11 is 0. The molecule has 0 bridgehead atoms. The van der Waals surface area contributed by atoms with E-state index in [1.807, 2.05) is 56.3 Å². The lowest BCUT2D eigenvalue weighted by Crippen LogP contribution is -2.25. The molecule has 0 aromatic heterocycles. The summed E-state index contributed by atoms with van der Waals surface area (Å²) in [5.41, 5.74) is 5.39. The number of hydrogen-bond acceptors (Lipinski definition) is 3. The van der Waals surface area contributed by atoms with Gasteiger partial charge >= 0.3 is 0 Å². The van der Waals surface area contributed by atoms with Crippen LogP contribution in [0, 0.1) is 13.8 Å². The van der Waals surface area contributed by atoms with Gasteiger partial charge in [0.2, 0.25) is 10.0 Å². The number of aromatic hydroxyl groups is 1. The quantitative estimate of drug-likeness (QED) is 0.735. The van der Waals surface area contributed by atoms with Gasteiger partial charge in [-0.05, 0) is 54.3 Å². The maximum Gasteiger partial charge on any atom is 0.243 e. The van der Waals surface area contributed by atoms with E-state index in [1.165, 1.54) is 4.31 Å². The first-order valence-corrected chi connectivity index (χ1v) is 10.3. The van der Waals surface area contributed by atoms with E-state index in [0.29, 0.717) is 11.4 Å². The number of phenolic OH excluding ortho intramolecular Hbond substituents is 1. The van der Waals surface area contributed by atoms with E-state index in [4.69, 9.17) is 0 Å². The summed E-state index contributed by atoms with van der Waals surface area (Å²) in [5, 5.41) is 10.6. The number of phenols is 1. The molecule has 1 heterocycles. The second-order valence-electron chi connectivity index (χ2n) is 7.00. The molecule has 138 valence electrons. The van der Waals surface area contributed by atoms with E-state index in [9.17, 15) is 13.5 Å². The smallest absolute Gasteiger partial charge is 0.243 e. The van der Waals surface area contributed by atoms with Gasteiger partial charge in [-0.25, -0.2) is 8.42 Å². The number of aryl methyl sites for hydroxylation is 2. The van der Waals surface area contributed by atoms with Crippen molar-refractivity contribution in [2.24, 2.45) is 0 Å². The second-order valence-corrected chi connectivity index (χ2v) is 8.93. The largest absolute Gasteiger partial charge is 0.507 e. The lowest BCUT2D eigenvalue weighted by molar-refractivity contribution is 0.431. The molecular weight excluding hydrogens is 358 g/mol. The molecule has 4 nitrogen and oxygen atoms in total. The molecule has 0 atom stereocenters. The van der Waals surface area contributed by atoms with E-state index in [-0.39, 0.29) is 12.3 Å². The fourth-order valence-corrected chi connectivity index (χ4v) is 5.04. The molecule has 27 heavy (non-hydrogen) atoms. The predicted octanol–water partition coefficient (Wildman–Crippen LogP) is 4.38. The Bertz CT molecular complexity index is 1100. The fraction of sp³-hybridized carbons (Fsp3) is 0.182. The second kappa shape index (κ2) is 6.51. The van der Waals surface area contributed by atoms with Crippen LogP contribution in [-0.2, 0) is 23.1 Å². The highest BCUT2D eigenvalue weighted by molar-refractivity contribution is 7.89. The van der Waals surface area contributed by atoms with E-state index in [0.717, 1.165) is 33.4 Å². The van der Waals surface area contributed by atoms with Crippen molar-refractivity contribution in [1.82, 2.24) is 4.31 Å². The van der Waals surface area contributed by atoms with Crippen molar-refractivity contribution in [2.75, 3.05) is 0 Å². The van der Waals surface area contributed by atoms with Crippen molar-refractivity contribution in [1.29, 1.82) is 0 Å². The molecular formula is C22H21NO3S. The Balaban J connectivity index is 1.79. The number of rotatable bonds is 3. The van der Waals surface area contributed by atoms with Crippen LogP contribution in [0.25, 0.3) is 11.1 Å². The van der Waals surface area contributed by atoms with Crippen LogP contribution in [0.2, 0.25) is 0 Å². The van der Waals surface area contributed by atoms with Crippen molar-refractivity contribution >= 4 is 10.0 Å². The molecule has 5 heteroatoms. The lowest BCUT2D eigenvalue weighted by atomic mass is 9.93. The topological polar surface area (TPSA) is 57.6 Å². The number of hydrogen-bond donors (Lipinski definition) is 1. The zero-order chi connectivity index (χ0) is 19.2. The summed E-state index contributed by atoms with van der Waals surface area (Å²) in [6.07, 6.45) is 0. The van der Waals surface area contributed by atoms with Gasteiger partial charge in [-0.15, -0.1) is 0 Å². The molecule has 0 unspecified atom stereocenters. The fourth-order valence-electron chi connectivity index (χ4n) is 3.67. The van der Waals surface area contributed by atoms with Crippen molar-refractivity contribution in [3.05, 3.63) is 82.9 Å². The van der Waals surface area contributed by atoms with Crippen LogP contribution in [0.4, 0.5) is 0 Å². The van der Waals surface area contributed by atoms with Crippen molar-refractivity contribution in [3.8, 4) is 16.9 Å². The van der Waals surface area contributed by atoms with E-state index >= 15 is 0 Å². The van der Waals surface area contributed by atoms with E-state index in [2.05, 4.69) is 0 Å². The molecule has 0 spiro atoms. The van der Waals surface area contributed by atoms with Crippen LogP contribution < -0.4 is 0 Å². The van der Waals surface area contributed by atoms with Crippen LogP contribution in [0.15, 0.2) is 65.6 Å². The van der Waals surface area contributed by atoms with Crippen LogP contribution in [-0.4, -0.2) is 17.8 Å². The Labute approximate surface area is 159 Å². The lowest BCUT2D eigenvalue weighted by Gasteiger charge is -2.16. The Morgan fingerprint density at radius 2 is 1.52 bits per heavy atom. The first-order valence-electron chi connectivity index (χ1n) is 8.84. The van der Waals surface area contributed by atoms with E-state index < -0.39 is 10.0 Å². The summed E-state index contributed by atoms with van der Waals surface area (Å²) in [6.45, 7) is 4.41. The highest BCUT2D eigenvalue weighted by atomic mass is 32.2. The normalized spacial score (nSPS) is 14.3. The summed E-state index contributed by atoms with van der Waals surface area (Å²) in [7, 11) is -3.60. The van der Waals surface area contributed by atoms with Crippen molar-refractivity contribution in [3.63, 3.8) is 0 Å². The highest BCUT2D eigenvalue weighted by Crippen LogP contribution is 2.42.